The summed E-state index contributed by atoms with van der Waals surface area (Å²) in [6.07, 6.45) is 0.583. The normalized spacial score (nSPS) is 12.6. The van der Waals surface area contributed by atoms with Gasteiger partial charge in [0.25, 0.3) is 0 Å². The van der Waals surface area contributed by atoms with E-state index in [9.17, 15) is 18.0 Å². The predicted molar refractivity (Wildman–Crippen MR) is 100 cm³/mol. The Morgan fingerprint density at radius 1 is 1.19 bits per heavy atom. The molecule has 3 aromatic rings. The van der Waals surface area contributed by atoms with Gasteiger partial charge in [0, 0.05) is 6.54 Å². The van der Waals surface area contributed by atoms with Gasteiger partial charge in [0.2, 0.25) is 0 Å². The van der Waals surface area contributed by atoms with E-state index in [4.69, 9.17) is 0 Å². The van der Waals surface area contributed by atoms with Gasteiger partial charge in [-0.1, -0.05) is 12.1 Å². The van der Waals surface area contributed by atoms with Crippen molar-refractivity contribution in [3.8, 4) is 0 Å². The lowest BCUT2D eigenvalue weighted by Gasteiger charge is -2.02. The van der Waals surface area contributed by atoms with Crippen LogP contribution in [0.15, 0.2) is 36.4 Å². The summed E-state index contributed by atoms with van der Waals surface area (Å²) < 4.78 is 40.8. The van der Waals surface area contributed by atoms with Gasteiger partial charge < -0.3 is 4.57 Å². The maximum atomic E-state index is 12.9. The molecule has 4 nitrogen and oxygen atoms in total. The van der Waals surface area contributed by atoms with Crippen molar-refractivity contribution in [1.82, 2.24) is 14.5 Å². The molecule has 0 saturated heterocycles. The van der Waals surface area contributed by atoms with E-state index in [1.54, 1.807) is 6.08 Å². The highest BCUT2D eigenvalue weighted by atomic mass is 32.1. The summed E-state index contributed by atoms with van der Waals surface area (Å²) in [5.74, 6) is 0.189. The van der Waals surface area contributed by atoms with Gasteiger partial charge in [-0.3, -0.25) is 4.79 Å². The van der Waals surface area contributed by atoms with Crippen LogP contribution in [-0.2, 0) is 17.5 Å². The highest BCUT2D eigenvalue weighted by Crippen LogP contribution is 2.34. The SMILES string of the molecule is CCn1c(/C=C/C(=O)/C=C/c2sc(C)nc2C(F)(F)F)nc2ccccc21. The number of ketones is 1. The minimum Gasteiger partial charge on any atom is -0.325 e. The highest BCUT2D eigenvalue weighted by molar-refractivity contribution is 7.12. The fourth-order valence-corrected chi connectivity index (χ4v) is 3.53. The molecule has 1 aromatic carbocycles. The summed E-state index contributed by atoms with van der Waals surface area (Å²) >= 11 is 0.896. The molecule has 8 heteroatoms. The molecule has 0 aliphatic carbocycles. The monoisotopic (exact) mass is 391 g/mol. The van der Waals surface area contributed by atoms with Crippen LogP contribution in [0, 0.1) is 6.92 Å². The molecule has 27 heavy (non-hydrogen) atoms. The number of fused-ring (bicyclic) bond motifs is 1. The summed E-state index contributed by atoms with van der Waals surface area (Å²) in [4.78, 5) is 20.0. The Balaban J connectivity index is 1.82. The minimum atomic E-state index is -4.55. The minimum absolute atomic E-state index is 0.0810. The van der Waals surface area contributed by atoms with Gasteiger partial charge in [-0.2, -0.15) is 13.2 Å². The van der Waals surface area contributed by atoms with E-state index in [0.29, 0.717) is 17.4 Å². The molecular formula is C19H16F3N3OS. The van der Waals surface area contributed by atoms with Crippen LogP contribution in [0.4, 0.5) is 13.2 Å². The predicted octanol–water partition coefficient (Wildman–Crippen LogP) is 5.14. The zero-order valence-corrected chi connectivity index (χ0v) is 15.4. The first-order chi connectivity index (χ1) is 12.8. The molecule has 0 saturated carbocycles. The van der Waals surface area contributed by atoms with Crippen LogP contribution in [0.2, 0.25) is 0 Å². The van der Waals surface area contributed by atoms with E-state index in [-0.39, 0.29) is 4.88 Å². The molecule has 0 aliphatic heterocycles. The fraction of sp³-hybridized carbons (Fsp3) is 0.211. The van der Waals surface area contributed by atoms with E-state index in [2.05, 4.69) is 9.97 Å². The number of para-hydroxylation sites is 2. The largest absolute Gasteiger partial charge is 0.434 e. The van der Waals surface area contributed by atoms with Crippen molar-refractivity contribution < 1.29 is 18.0 Å². The Bertz CT molecular complexity index is 1040. The molecule has 0 fully saturated rings. The lowest BCUT2D eigenvalue weighted by Crippen LogP contribution is -2.07. The Hall–Kier alpha value is -2.74. The van der Waals surface area contributed by atoms with E-state index in [0.717, 1.165) is 34.5 Å². The number of benzene rings is 1. The van der Waals surface area contributed by atoms with Crippen molar-refractivity contribution in [2.45, 2.75) is 26.6 Å². The number of imidazole rings is 1. The molecule has 0 radical (unpaired) electrons. The van der Waals surface area contributed by atoms with Gasteiger partial charge in [0.1, 0.15) is 5.82 Å². The molecule has 140 valence electrons. The molecule has 2 heterocycles. The van der Waals surface area contributed by atoms with Crippen LogP contribution < -0.4 is 0 Å². The van der Waals surface area contributed by atoms with Gasteiger partial charge >= 0.3 is 6.18 Å². The van der Waals surface area contributed by atoms with Crippen LogP contribution in [0.3, 0.4) is 0 Å². The number of thiazole rings is 1. The van der Waals surface area contributed by atoms with Crippen LogP contribution in [0.25, 0.3) is 23.2 Å². The van der Waals surface area contributed by atoms with Crippen LogP contribution in [-0.4, -0.2) is 20.3 Å². The van der Waals surface area contributed by atoms with Crippen molar-refractivity contribution in [2.24, 2.45) is 0 Å². The molecular weight excluding hydrogens is 375 g/mol. The molecule has 0 aliphatic rings. The summed E-state index contributed by atoms with van der Waals surface area (Å²) in [5.41, 5.74) is 0.806. The second-order valence-electron chi connectivity index (χ2n) is 5.72. The second-order valence-corrected chi connectivity index (χ2v) is 6.95. The lowest BCUT2D eigenvalue weighted by molar-refractivity contribution is -0.140. The number of nitrogens with zero attached hydrogens (tertiary/aromatic N) is 3. The number of alkyl halides is 3. The second kappa shape index (κ2) is 7.48. The topological polar surface area (TPSA) is 47.8 Å². The zero-order valence-electron chi connectivity index (χ0n) is 14.6. The summed E-state index contributed by atoms with van der Waals surface area (Å²) in [6.45, 7) is 4.14. The average molecular weight is 391 g/mol. The van der Waals surface area contributed by atoms with Gasteiger partial charge in [0.15, 0.2) is 11.5 Å². The standard InChI is InChI=1S/C19H16F3N3OS/c1-3-25-15-7-5-4-6-14(15)24-17(25)11-9-13(26)8-10-16-18(19(20,21)22)23-12(2)27-16/h4-11H,3H2,1-2H3/b10-8+,11-9+. The summed E-state index contributed by atoms with van der Waals surface area (Å²) in [5, 5.41) is 0.293. The number of aryl methyl sites for hydroxylation is 2. The average Bonchev–Trinajstić information content (AvgIpc) is 3.17. The smallest absolute Gasteiger partial charge is 0.325 e. The Morgan fingerprint density at radius 3 is 2.59 bits per heavy atom. The van der Waals surface area contributed by atoms with Crippen LogP contribution in [0.1, 0.15) is 28.3 Å². The maximum Gasteiger partial charge on any atom is 0.434 e. The third-order valence-electron chi connectivity index (χ3n) is 3.82. The maximum absolute atomic E-state index is 12.9. The van der Waals surface area contributed by atoms with Crippen molar-refractivity contribution in [3.63, 3.8) is 0 Å². The van der Waals surface area contributed by atoms with Crippen LogP contribution >= 0.6 is 11.3 Å². The number of allylic oxidation sites excluding steroid dienone is 2. The Morgan fingerprint density at radius 2 is 1.89 bits per heavy atom. The number of aromatic nitrogens is 3. The highest BCUT2D eigenvalue weighted by Gasteiger charge is 2.36. The first-order valence-corrected chi connectivity index (χ1v) is 9.01. The molecule has 0 amide bonds. The molecule has 2 aromatic heterocycles. The van der Waals surface area contributed by atoms with Crippen LogP contribution in [0.5, 0.6) is 0 Å². The Kier molecular flexibility index (Phi) is 5.27. The number of hydrogen-bond acceptors (Lipinski definition) is 4. The molecule has 3 rings (SSSR count). The van der Waals surface area contributed by atoms with Gasteiger partial charge in [-0.25, -0.2) is 9.97 Å². The molecule has 0 atom stereocenters. The van der Waals surface area contributed by atoms with Crippen molar-refractivity contribution in [2.75, 3.05) is 0 Å². The lowest BCUT2D eigenvalue weighted by atomic mass is 10.2. The van der Waals surface area contributed by atoms with E-state index in [1.807, 2.05) is 35.8 Å². The number of halogens is 3. The Labute approximate surface area is 157 Å². The third kappa shape index (κ3) is 4.16. The van der Waals surface area contributed by atoms with E-state index in [1.165, 1.54) is 13.0 Å². The number of rotatable bonds is 5. The van der Waals surface area contributed by atoms with Gasteiger partial charge in [-0.15, -0.1) is 11.3 Å². The summed E-state index contributed by atoms with van der Waals surface area (Å²) in [7, 11) is 0. The number of hydrogen-bond donors (Lipinski definition) is 0. The molecule has 0 unspecified atom stereocenters. The molecule has 0 bridgehead atoms. The van der Waals surface area contributed by atoms with Crippen molar-refractivity contribution in [3.05, 3.63) is 57.8 Å². The molecule has 0 N–H and O–H groups in total. The fourth-order valence-electron chi connectivity index (χ4n) is 2.68. The molecule has 0 spiro atoms. The van der Waals surface area contributed by atoms with Crippen molar-refractivity contribution >= 4 is 40.3 Å². The quantitative estimate of drug-likeness (QED) is 0.566. The summed E-state index contributed by atoms with van der Waals surface area (Å²) in [6, 6.07) is 7.61. The number of carbonyl (C=O) groups is 1. The van der Waals surface area contributed by atoms with E-state index >= 15 is 0 Å². The van der Waals surface area contributed by atoms with Gasteiger partial charge in [0.05, 0.1) is 20.9 Å². The van der Waals surface area contributed by atoms with Gasteiger partial charge in [-0.05, 0) is 50.3 Å². The third-order valence-corrected chi connectivity index (χ3v) is 4.76. The van der Waals surface area contributed by atoms with E-state index < -0.39 is 17.7 Å². The van der Waals surface area contributed by atoms with Crippen molar-refractivity contribution in [1.29, 1.82) is 0 Å². The zero-order chi connectivity index (χ0) is 19.6. The first-order valence-electron chi connectivity index (χ1n) is 8.19. The first kappa shape index (κ1) is 19.0. The number of carbonyl (C=O) groups excluding carboxylic acids is 1.